The number of ether oxygens (including phenoxy) is 4. The van der Waals surface area contributed by atoms with Gasteiger partial charge >= 0.3 is 0 Å². The van der Waals surface area contributed by atoms with Crippen molar-refractivity contribution in [1.82, 2.24) is 0 Å². The smallest absolute Gasteiger partial charge is 0.233 e. The second-order valence-electron chi connectivity index (χ2n) is 8.95. The number of hydrogen-bond donors (Lipinski definition) is 1. The van der Waals surface area contributed by atoms with Crippen LogP contribution in [-0.2, 0) is 34.5 Å². The van der Waals surface area contributed by atoms with Crippen LogP contribution >= 0.6 is 7.37 Å². The molecule has 7 nitrogen and oxygen atoms in total. The molecular weight excluding hydrogens is 395 g/mol. The van der Waals surface area contributed by atoms with Crippen molar-refractivity contribution in [2.24, 2.45) is 0 Å². The summed E-state index contributed by atoms with van der Waals surface area (Å²) < 4.78 is 43.5. The van der Waals surface area contributed by atoms with Crippen LogP contribution in [0.25, 0.3) is 0 Å². The summed E-state index contributed by atoms with van der Waals surface area (Å²) in [5.41, 5.74) is 1.16. The Morgan fingerprint density at radius 1 is 1.00 bits per heavy atom. The first-order chi connectivity index (χ1) is 13.6. The fourth-order valence-corrected chi connectivity index (χ4v) is 6.78. The van der Waals surface area contributed by atoms with Gasteiger partial charge in [0.2, 0.25) is 7.37 Å². The number of aliphatic hydroxyl groups is 1. The third-order valence-electron chi connectivity index (χ3n) is 5.66. The summed E-state index contributed by atoms with van der Waals surface area (Å²) in [6, 6.07) is 10.0. The van der Waals surface area contributed by atoms with Gasteiger partial charge in [-0.2, -0.15) is 0 Å². The Bertz CT molecular complexity index is 766. The van der Waals surface area contributed by atoms with Gasteiger partial charge in [0.25, 0.3) is 0 Å². The molecule has 0 unspecified atom stereocenters. The van der Waals surface area contributed by atoms with Gasteiger partial charge in [-0.15, -0.1) is 0 Å². The Morgan fingerprint density at radius 2 is 1.69 bits per heavy atom. The standard InChI is InChI=1S/C21H31O7P/c1-20(2)24-13-15(25-20)16-17-18(27-21(3,4)26-17)19(22)29(23,28-16)12-8-11-14-9-6-5-7-10-14/h5-7,9-10,15-19,22H,8,11-13H2,1-4H3/t15-,16-,17+,18+,19-,29-/m1/s1. The Kier molecular flexibility index (Phi) is 5.71. The van der Waals surface area contributed by atoms with E-state index in [1.165, 1.54) is 0 Å². The summed E-state index contributed by atoms with van der Waals surface area (Å²) in [6.45, 7) is 7.54. The van der Waals surface area contributed by atoms with Crippen molar-refractivity contribution in [3.8, 4) is 0 Å². The van der Waals surface area contributed by atoms with E-state index in [9.17, 15) is 9.67 Å². The first-order valence-corrected chi connectivity index (χ1v) is 12.1. The summed E-state index contributed by atoms with van der Waals surface area (Å²) in [4.78, 5) is 0. The highest BCUT2D eigenvalue weighted by Gasteiger charge is 2.61. The summed E-state index contributed by atoms with van der Waals surface area (Å²) >= 11 is 0. The molecule has 29 heavy (non-hydrogen) atoms. The van der Waals surface area contributed by atoms with E-state index in [0.717, 1.165) is 12.0 Å². The fraction of sp³-hybridized carbons (Fsp3) is 0.714. The molecule has 0 amide bonds. The maximum Gasteiger partial charge on any atom is 0.233 e. The molecule has 162 valence electrons. The predicted molar refractivity (Wildman–Crippen MR) is 107 cm³/mol. The molecule has 1 aromatic carbocycles. The van der Waals surface area contributed by atoms with Gasteiger partial charge in [-0.3, -0.25) is 4.57 Å². The molecule has 3 aliphatic rings. The van der Waals surface area contributed by atoms with Gasteiger partial charge in [0.1, 0.15) is 24.4 Å². The predicted octanol–water partition coefficient (Wildman–Crippen LogP) is 3.29. The second-order valence-corrected chi connectivity index (χ2v) is 11.6. The van der Waals surface area contributed by atoms with Gasteiger partial charge in [-0.1, -0.05) is 30.3 Å². The molecule has 8 heteroatoms. The molecule has 6 atom stereocenters. The molecule has 3 aliphatic heterocycles. The number of fused-ring (bicyclic) bond motifs is 1. The zero-order valence-corrected chi connectivity index (χ0v) is 18.3. The SMILES string of the molecule is CC1(C)O[C@H]2[C@@H]([C@H]3COC(C)(C)O3)O[P@](=O)(CCCc3ccccc3)[C@@H](O)[C@H]2O1. The minimum Gasteiger partial charge on any atom is -0.380 e. The molecule has 0 aliphatic carbocycles. The average molecular weight is 426 g/mol. The lowest BCUT2D eigenvalue weighted by molar-refractivity contribution is -0.174. The van der Waals surface area contributed by atoms with E-state index in [1.54, 1.807) is 13.8 Å². The van der Waals surface area contributed by atoms with Gasteiger partial charge in [0, 0.05) is 6.16 Å². The van der Waals surface area contributed by atoms with Crippen LogP contribution in [0.15, 0.2) is 30.3 Å². The van der Waals surface area contributed by atoms with Gasteiger partial charge in [0.05, 0.1) is 6.61 Å². The fourth-order valence-electron chi connectivity index (χ4n) is 4.34. The third kappa shape index (κ3) is 4.47. The van der Waals surface area contributed by atoms with E-state index in [0.29, 0.717) is 13.0 Å². The molecule has 0 aromatic heterocycles. The van der Waals surface area contributed by atoms with Crippen LogP contribution in [0.5, 0.6) is 0 Å². The van der Waals surface area contributed by atoms with Crippen LogP contribution in [0.3, 0.4) is 0 Å². The van der Waals surface area contributed by atoms with Crippen LogP contribution < -0.4 is 0 Å². The Balaban J connectivity index is 1.52. The van der Waals surface area contributed by atoms with E-state index in [1.807, 2.05) is 44.2 Å². The monoisotopic (exact) mass is 426 g/mol. The molecule has 4 rings (SSSR count). The van der Waals surface area contributed by atoms with Crippen LogP contribution in [0.4, 0.5) is 0 Å². The minimum absolute atomic E-state index is 0.267. The zero-order valence-electron chi connectivity index (χ0n) is 17.4. The lowest BCUT2D eigenvalue weighted by Crippen LogP contribution is -2.54. The summed E-state index contributed by atoms with van der Waals surface area (Å²) in [6.07, 6.45) is -0.695. The van der Waals surface area contributed by atoms with Crippen LogP contribution in [0.1, 0.15) is 39.7 Å². The summed E-state index contributed by atoms with van der Waals surface area (Å²) in [5, 5.41) is 10.9. The van der Waals surface area contributed by atoms with E-state index < -0.39 is 49.2 Å². The Morgan fingerprint density at radius 3 is 2.34 bits per heavy atom. The van der Waals surface area contributed by atoms with Crippen molar-refractivity contribution in [2.45, 2.75) is 82.4 Å². The van der Waals surface area contributed by atoms with E-state index in [-0.39, 0.29) is 6.16 Å². The van der Waals surface area contributed by atoms with Crippen molar-refractivity contribution in [3.63, 3.8) is 0 Å². The molecule has 0 bridgehead atoms. The molecule has 1 N–H and O–H groups in total. The third-order valence-corrected chi connectivity index (χ3v) is 8.30. The van der Waals surface area contributed by atoms with Crippen molar-refractivity contribution >= 4 is 7.37 Å². The number of aliphatic hydroxyl groups excluding tert-OH is 1. The van der Waals surface area contributed by atoms with Crippen LogP contribution in [0.2, 0.25) is 0 Å². The quantitative estimate of drug-likeness (QED) is 0.724. The molecule has 0 saturated carbocycles. The first kappa shape index (κ1) is 21.4. The molecule has 1 aromatic rings. The lowest BCUT2D eigenvalue weighted by Gasteiger charge is -2.41. The highest BCUT2D eigenvalue weighted by molar-refractivity contribution is 7.59. The minimum atomic E-state index is -3.40. The van der Waals surface area contributed by atoms with Crippen molar-refractivity contribution in [2.75, 3.05) is 12.8 Å². The van der Waals surface area contributed by atoms with Gasteiger partial charge < -0.3 is 28.6 Å². The number of rotatable bonds is 5. The van der Waals surface area contributed by atoms with Gasteiger partial charge in [-0.05, 0) is 46.1 Å². The Hall–Kier alpha value is -0.790. The summed E-state index contributed by atoms with van der Waals surface area (Å²) in [7, 11) is -3.40. The lowest BCUT2D eigenvalue weighted by atomic mass is 10.0. The van der Waals surface area contributed by atoms with E-state index in [2.05, 4.69) is 0 Å². The van der Waals surface area contributed by atoms with Crippen molar-refractivity contribution < 1.29 is 33.1 Å². The van der Waals surface area contributed by atoms with Crippen molar-refractivity contribution in [1.29, 1.82) is 0 Å². The second kappa shape index (κ2) is 7.72. The van der Waals surface area contributed by atoms with E-state index in [4.69, 9.17) is 23.5 Å². The zero-order chi connectivity index (χ0) is 20.9. The summed E-state index contributed by atoms with van der Waals surface area (Å²) in [5.74, 6) is -2.87. The first-order valence-electron chi connectivity index (χ1n) is 10.3. The molecule has 3 saturated heterocycles. The number of benzene rings is 1. The normalized spacial score (nSPS) is 40.7. The molecule has 3 heterocycles. The molecule has 0 spiro atoms. The largest absolute Gasteiger partial charge is 0.380 e. The Labute approximate surface area is 172 Å². The van der Waals surface area contributed by atoms with E-state index >= 15 is 0 Å². The number of hydrogen-bond acceptors (Lipinski definition) is 7. The molecule has 3 fully saturated rings. The van der Waals surface area contributed by atoms with Gasteiger partial charge in [0.15, 0.2) is 17.4 Å². The van der Waals surface area contributed by atoms with Gasteiger partial charge in [-0.25, -0.2) is 0 Å². The molecule has 0 radical (unpaired) electrons. The number of aryl methyl sites for hydroxylation is 1. The topological polar surface area (TPSA) is 83.5 Å². The molecular formula is C21H31O7P. The average Bonchev–Trinajstić information content (AvgIpc) is 3.18. The maximum absolute atomic E-state index is 13.7. The van der Waals surface area contributed by atoms with Crippen LogP contribution in [-0.4, -0.2) is 59.7 Å². The maximum atomic E-state index is 13.7. The highest BCUT2D eigenvalue weighted by atomic mass is 31.2. The van der Waals surface area contributed by atoms with Crippen LogP contribution in [0, 0.1) is 0 Å². The van der Waals surface area contributed by atoms with Crippen molar-refractivity contribution in [3.05, 3.63) is 35.9 Å². The highest BCUT2D eigenvalue weighted by Crippen LogP contribution is 2.61.